The molecule has 0 aliphatic rings. The van der Waals surface area contributed by atoms with Crippen molar-refractivity contribution in [3.05, 3.63) is 57.0 Å². The molecule has 1 aromatic carbocycles. The van der Waals surface area contributed by atoms with E-state index in [1.54, 1.807) is 13.8 Å². The van der Waals surface area contributed by atoms with Gasteiger partial charge in [0.2, 0.25) is 0 Å². The number of hydrogen-bond donors (Lipinski definition) is 3. The SMILES string of the molecule is Cc1n[nH]c(=O)c(C(=O)NCCOc2ccc(C(=O)O)cc2)c1C. The number of nitrogens with one attached hydrogen (secondary N) is 2. The van der Waals surface area contributed by atoms with Crippen molar-refractivity contribution >= 4 is 11.9 Å². The van der Waals surface area contributed by atoms with Crippen molar-refractivity contribution in [2.75, 3.05) is 13.2 Å². The van der Waals surface area contributed by atoms with Crippen LogP contribution in [-0.4, -0.2) is 40.3 Å². The van der Waals surface area contributed by atoms with E-state index < -0.39 is 17.4 Å². The Morgan fingerprint density at radius 1 is 1.25 bits per heavy atom. The summed E-state index contributed by atoms with van der Waals surface area (Å²) in [5.41, 5.74) is 0.767. The number of benzene rings is 1. The van der Waals surface area contributed by atoms with Gasteiger partial charge in [-0.15, -0.1) is 0 Å². The van der Waals surface area contributed by atoms with Crippen molar-refractivity contribution in [1.82, 2.24) is 15.5 Å². The fourth-order valence-electron chi connectivity index (χ4n) is 2.01. The first-order valence-corrected chi connectivity index (χ1v) is 7.20. The molecule has 24 heavy (non-hydrogen) atoms. The number of carboxylic acids is 1. The molecular formula is C16H17N3O5. The molecule has 2 aromatic rings. The molecular weight excluding hydrogens is 314 g/mol. The zero-order valence-corrected chi connectivity index (χ0v) is 13.3. The summed E-state index contributed by atoms with van der Waals surface area (Å²) in [6.45, 7) is 3.73. The van der Waals surface area contributed by atoms with Crippen molar-refractivity contribution in [3.63, 3.8) is 0 Å². The molecule has 8 heteroatoms. The van der Waals surface area contributed by atoms with Crippen LogP contribution in [0.25, 0.3) is 0 Å². The summed E-state index contributed by atoms with van der Waals surface area (Å²) < 4.78 is 5.41. The largest absolute Gasteiger partial charge is 0.492 e. The zero-order chi connectivity index (χ0) is 17.7. The molecule has 0 spiro atoms. The topological polar surface area (TPSA) is 121 Å². The molecule has 0 atom stereocenters. The molecule has 8 nitrogen and oxygen atoms in total. The van der Waals surface area contributed by atoms with Gasteiger partial charge in [-0.1, -0.05) is 0 Å². The van der Waals surface area contributed by atoms with Crippen molar-refractivity contribution in [2.24, 2.45) is 0 Å². The number of aromatic nitrogens is 2. The number of H-pyrrole nitrogens is 1. The monoisotopic (exact) mass is 331 g/mol. The van der Waals surface area contributed by atoms with Crippen molar-refractivity contribution in [2.45, 2.75) is 13.8 Å². The summed E-state index contributed by atoms with van der Waals surface area (Å²) in [7, 11) is 0. The molecule has 0 saturated heterocycles. The maximum atomic E-state index is 12.1. The lowest BCUT2D eigenvalue weighted by Crippen LogP contribution is -2.34. The molecule has 0 bridgehead atoms. The van der Waals surface area contributed by atoms with Crippen molar-refractivity contribution in [3.8, 4) is 5.75 Å². The zero-order valence-electron chi connectivity index (χ0n) is 13.3. The van der Waals surface area contributed by atoms with Gasteiger partial charge in [0.15, 0.2) is 0 Å². The van der Waals surface area contributed by atoms with E-state index in [9.17, 15) is 14.4 Å². The lowest BCUT2D eigenvalue weighted by Gasteiger charge is -2.09. The van der Waals surface area contributed by atoms with E-state index in [2.05, 4.69) is 15.5 Å². The smallest absolute Gasteiger partial charge is 0.335 e. The average molecular weight is 331 g/mol. The van der Waals surface area contributed by atoms with Gasteiger partial charge in [0.05, 0.1) is 17.8 Å². The molecule has 126 valence electrons. The fraction of sp³-hybridized carbons (Fsp3) is 0.250. The van der Waals surface area contributed by atoms with Gasteiger partial charge in [0.25, 0.3) is 11.5 Å². The number of carbonyl (C=O) groups excluding carboxylic acids is 1. The summed E-state index contributed by atoms with van der Waals surface area (Å²) >= 11 is 0. The maximum absolute atomic E-state index is 12.1. The normalized spacial score (nSPS) is 10.2. The van der Waals surface area contributed by atoms with E-state index in [0.717, 1.165) is 0 Å². The minimum Gasteiger partial charge on any atom is -0.492 e. The third-order valence-corrected chi connectivity index (χ3v) is 3.45. The maximum Gasteiger partial charge on any atom is 0.335 e. The standard InChI is InChI=1S/C16H17N3O5/c1-9-10(2)18-19-15(21)13(9)14(20)17-7-8-24-12-5-3-11(4-6-12)16(22)23/h3-6H,7-8H2,1-2H3,(H,17,20)(H,19,21)(H,22,23). The van der Waals surface area contributed by atoms with E-state index in [1.807, 2.05) is 0 Å². The molecule has 2 rings (SSSR count). The third-order valence-electron chi connectivity index (χ3n) is 3.45. The van der Waals surface area contributed by atoms with E-state index in [0.29, 0.717) is 17.0 Å². The van der Waals surface area contributed by atoms with E-state index in [-0.39, 0.29) is 24.3 Å². The summed E-state index contributed by atoms with van der Waals surface area (Å²) in [6.07, 6.45) is 0. The number of amides is 1. The van der Waals surface area contributed by atoms with Gasteiger partial charge >= 0.3 is 5.97 Å². The number of carboxylic acid groups (broad SMARTS) is 1. The summed E-state index contributed by atoms with van der Waals surface area (Å²) in [6, 6.07) is 5.93. The van der Waals surface area contributed by atoms with Gasteiger partial charge in [0, 0.05) is 0 Å². The molecule has 0 aliphatic heterocycles. The second-order valence-electron chi connectivity index (χ2n) is 5.07. The molecule has 1 amide bonds. The van der Waals surface area contributed by atoms with Crippen molar-refractivity contribution in [1.29, 1.82) is 0 Å². The number of aromatic carboxylic acids is 1. The van der Waals surface area contributed by atoms with Gasteiger partial charge < -0.3 is 15.2 Å². The minimum atomic E-state index is -1.01. The third kappa shape index (κ3) is 3.97. The number of rotatable bonds is 6. The molecule has 1 heterocycles. The van der Waals surface area contributed by atoms with E-state index in [4.69, 9.17) is 9.84 Å². The number of hydrogen-bond acceptors (Lipinski definition) is 5. The van der Waals surface area contributed by atoms with Crippen LogP contribution >= 0.6 is 0 Å². The molecule has 0 saturated carbocycles. The van der Waals surface area contributed by atoms with Gasteiger partial charge in [-0.25, -0.2) is 9.89 Å². The highest BCUT2D eigenvalue weighted by molar-refractivity contribution is 5.95. The van der Waals surface area contributed by atoms with Crippen LogP contribution in [0.4, 0.5) is 0 Å². The lowest BCUT2D eigenvalue weighted by atomic mass is 10.1. The van der Waals surface area contributed by atoms with Gasteiger partial charge in [-0.3, -0.25) is 9.59 Å². The first-order chi connectivity index (χ1) is 11.4. The summed E-state index contributed by atoms with van der Waals surface area (Å²) in [4.78, 5) is 34.5. The summed E-state index contributed by atoms with van der Waals surface area (Å²) in [5, 5.41) is 17.5. The molecule has 1 aromatic heterocycles. The van der Waals surface area contributed by atoms with Crippen LogP contribution < -0.4 is 15.6 Å². The van der Waals surface area contributed by atoms with Crippen molar-refractivity contribution < 1.29 is 19.4 Å². The molecule has 0 fully saturated rings. The Morgan fingerprint density at radius 3 is 2.54 bits per heavy atom. The Balaban J connectivity index is 1.88. The number of aromatic amines is 1. The van der Waals surface area contributed by atoms with Crippen LogP contribution in [0, 0.1) is 13.8 Å². The van der Waals surface area contributed by atoms with E-state index in [1.165, 1.54) is 24.3 Å². The van der Waals surface area contributed by atoms with Crippen LogP contribution in [0.2, 0.25) is 0 Å². The number of nitrogens with zero attached hydrogens (tertiary/aromatic N) is 1. The highest BCUT2D eigenvalue weighted by Crippen LogP contribution is 2.11. The Morgan fingerprint density at radius 2 is 1.92 bits per heavy atom. The highest BCUT2D eigenvalue weighted by atomic mass is 16.5. The van der Waals surface area contributed by atoms with Crippen LogP contribution in [-0.2, 0) is 0 Å². The van der Waals surface area contributed by atoms with Gasteiger partial charge in [0.1, 0.15) is 17.9 Å². The summed E-state index contributed by atoms with van der Waals surface area (Å²) in [5.74, 6) is -1.02. The van der Waals surface area contributed by atoms with Crippen LogP contribution in [0.15, 0.2) is 29.1 Å². The van der Waals surface area contributed by atoms with E-state index >= 15 is 0 Å². The number of ether oxygens (including phenoxy) is 1. The quantitative estimate of drug-likeness (QED) is 0.676. The molecule has 0 unspecified atom stereocenters. The predicted molar refractivity (Wildman–Crippen MR) is 85.6 cm³/mol. The van der Waals surface area contributed by atoms with Crippen LogP contribution in [0.3, 0.4) is 0 Å². The number of carbonyl (C=O) groups is 2. The number of aryl methyl sites for hydroxylation is 1. The Kier molecular flexibility index (Phi) is 5.31. The Labute approximate surface area is 137 Å². The second-order valence-corrected chi connectivity index (χ2v) is 5.07. The van der Waals surface area contributed by atoms with Crippen LogP contribution in [0.5, 0.6) is 5.75 Å². The van der Waals surface area contributed by atoms with Crippen LogP contribution in [0.1, 0.15) is 32.0 Å². The highest BCUT2D eigenvalue weighted by Gasteiger charge is 2.15. The Bertz CT molecular complexity index is 811. The fourth-order valence-corrected chi connectivity index (χ4v) is 2.01. The molecule has 0 radical (unpaired) electrons. The first-order valence-electron chi connectivity index (χ1n) is 7.20. The lowest BCUT2D eigenvalue weighted by molar-refractivity contribution is 0.0696. The molecule has 0 aliphatic carbocycles. The second kappa shape index (κ2) is 7.40. The molecule has 3 N–H and O–H groups in total. The van der Waals surface area contributed by atoms with Gasteiger partial charge in [-0.05, 0) is 43.7 Å². The Hall–Kier alpha value is -3.16. The predicted octanol–water partition coefficient (Wildman–Crippen LogP) is 0.894. The first kappa shape index (κ1) is 17.2. The van der Waals surface area contributed by atoms with Gasteiger partial charge in [-0.2, -0.15) is 5.10 Å². The average Bonchev–Trinajstić information content (AvgIpc) is 2.56. The minimum absolute atomic E-state index is 0.0355.